The number of rotatable bonds is 1. The summed E-state index contributed by atoms with van der Waals surface area (Å²) in [7, 11) is 0. The van der Waals surface area contributed by atoms with Crippen molar-refractivity contribution in [3.05, 3.63) is 23.5 Å². The van der Waals surface area contributed by atoms with E-state index in [0.717, 1.165) is 6.04 Å². The number of hydrogen-bond donors (Lipinski definition) is 0. The van der Waals surface area contributed by atoms with Crippen LogP contribution in [0.15, 0.2) is 12.1 Å². The lowest BCUT2D eigenvalue weighted by Gasteiger charge is -2.37. The lowest BCUT2D eigenvalue weighted by molar-refractivity contribution is 0.181. The van der Waals surface area contributed by atoms with Gasteiger partial charge in [0, 0.05) is 17.4 Å². The highest BCUT2D eigenvalue weighted by Gasteiger charge is 2.29. The molecular weight excluding hydrogens is 182 g/mol. The van der Waals surface area contributed by atoms with Crippen LogP contribution < -0.4 is 0 Å². The van der Waals surface area contributed by atoms with Crippen molar-refractivity contribution in [2.45, 2.75) is 59.4 Å². The van der Waals surface area contributed by atoms with Crippen LogP contribution >= 0.6 is 0 Å². The smallest absolute Gasteiger partial charge is 0.0340 e. The van der Waals surface area contributed by atoms with E-state index in [1.807, 2.05) is 0 Å². The van der Waals surface area contributed by atoms with E-state index in [1.165, 1.54) is 37.1 Å². The van der Waals surface area contributed by atoms with Crippen LogP contribution in [0.1, 0.15) is 57.0 Å². The maximum absolute atomic E-state index is 2.54. The molecule has 1 aromatic heterocycles. The van der Waals surface area contributed by atoms with E-state index in [1.54, 1.807) is 0 Å². The zero-order chi connectivity index (χ0) is 11.1. The predicted molar refractivity (Wildman–Crippen MR) is 65.2 cm³/mol. The molecule has 1 heterocycles. The van der Waals surface area contributed by atoms with Crippen LogP contribution in [0.3, 0.4) is 0 Å². The van der Waals surface area contributed by atoms with Gasteiger partial charge in [0.2, 0.25) is 0 Å². The summed E-state index contributed by atoms with van der Waals surface area (Å²) in [4.78, 5) is 0. The van der Waals surface area contributed by atoms with E-state index in [4.69, 9.17) is 0 Å². The molecule has 1 saturated carbocycles. The van der Waals surface area contributed by atoms with Crippen LogP contribution in [0.5, 0.6) is 0 Å². The molecule has 0 aliphatic heterocycles. The monoisotopic (exact) mass is 205 g/mol. The van der Waals surface area contributed by atoms with Crippen LogP contribution in [-0.2, 0) is 0 Å². The van der Waals surface area contributed by atoms with Crippen LogP contribution in [0, 0.1) is 19.3 Å². The molecule has 0 N–H and O–H groups in total. The normalized spacial score (nSPS) is 25.5. The highest BCUT2D eigenvalue weighted by molar-refractivity contribution is 5.15. The fraction of sp³-hybridized carbons (Fsp3) is 0.714. The molecule has 0 aromatic carbocycles. The third-order valence-corrected chi connectivity index (χ3v) is 3.87. The van der Waals surface area contributed by atoms with Crippen molar-refractivity contribution in [3.63, 3.8) is 0 Å². The van der Waals surface area contributed by atoms with Crippen LogP contribution in [0.2, 0.25) is 0 Å². The molecule has 1 nitrogen and oxygen atoms in total. The van der Waals surface area contributed by atoms with Crippen molar-refractivity contribution in [2.75, 3.05) is 0 Å². The summed E-state index contributed by atoms with van der Waals surface area (Å²) < 4.78 is 2.54. The molecule has 1 atom stereocenters. The van der Waals surface area contributed by atoms with Gasteiger partial charge in [-0.15, -0.1) is 0 Å². The molecule has 2 rings (SSSR count). The van der Waals surface area contributed by atoms with Crippen molar-refractivity contribution in [1.29, 1.82) is 0 Å². The van der Waals surface area contributed by atoms with Crippen molar-refractivity contribution >= 4 is 0 Å². The number of hydrogen-bond acceptors (Lipinski definition) is 0. The van der Waals surface area contributed by atoms with Gasteiger partial charge in [0.1, 0.15) is 0 Å². The van der Waals surface area contributed by atoms with Crippen molar-refractivity contribution in [3.8, 4) is 0 Å². The Kier molecular flexibility index (Phi) is 2.66. The Morgan fingerprint density at radius 1 is 1.20 bits per heavy atom. The molecule has 1 heteroatoms. The molecule has 1 aliphatic rings. The van der Waals surface area contributed by atoms with Crippen LogP contribution in [-0.4, -0.2) is 4.57 Å². The van der Waals surface area contributed by atoms with Gasteiger partial charge in [-0.2, -0.15) is 0 Å². The summed E-state index contributed by atoms with van der Waals surface area (Å²) in [6.07, 6.45) is 5.47. The van der Waals surface area contributed by atoms with E-state index in [-0.39, 0.29) is 0 Å². The maximum atomic E-state index is 2.54. The van der Waals surface area contributed by atoms with E-state index >= 15 is 0 Å². The first kappa shape index (κ1) is 10.8. The minimum absolute atomic E-state index is 0.534. The topological polar surface area (TPSA) is 4.93 Å². The second-order valence-electron chi connectivity index (χ2n) is 5.90. The van der Waals surface area contributed by atoms with Gasteiger partial charge in [0.25, 0.3) is 0 Å². The average molecular weight is 205 g/mol. The zero-order valence-corrected chi connectivity index (χ0v) is 10.5. The van der Waals surface area contributed by atoms with Crippen molar-refractivity contribution in [1.82, 2.24) is 4.57 Å². The summed E-state index contributed by atoms with van der Waals surface area (Å²) in [5.74, 6) is 0. The number of nitrogens with zero attached hydrogens (tertiary/aromatic N) is 1. The fourth-order valence-electron chi connectivity index (χ4n) is 3.13. The Morgan fingerprint density at radius 2 is 1.80 bits per heavy atom. The van der Waals surface area contributed by atoms with Crippen molar-refractivity contribution < 1.29 is 0 Å². The number of aryl methyl sites for hydroxylation is 2. The highest BCUT2D eigenvalue weighted by atomic mass is 15.0. The van der Waals surface area contributed by atoms with Gasteiger partial charge >= 0.3 is 0 Å². The summed E-state index contributed by atoms with van der Waals surface area (Å²) in [6.45, 7) is 9.28. The second-order valence-corrected chi connectivity index (χ2v) is 5.90. The van der Waals surface area contributed by atoms with Crippen molar-refractivity contribution in [2.24, 2.45) is 5.41 Å². The molecule has 0 radical (unpaired) electrons. The van der Waals surface area contributed by atoms with E-state index in [0.29, 0.717) is 5.41 Å². The summed E-state index contributed by atoms with van der Waals surface area (Å²) in [5, 5.41) is 0. The van der Waals surface area contributed by atoms with Gasteiger partial charge in [0.05, 0.1) is 0 Å². The Balaban J connectivity index is 2.24. The lowest BCUT2D eigenvalue weighted by Crippen LogP contribution is -2.25. The lowest BCUT2D eigenvalue weighted by atomic mass is 9.75. The van der Waals surface area contributed by atoms with Gasteiger partial charge in [-0.25, -0.2) is 0 Å². The van der Waals surface area contributed by atoms with E-state index in [9.17, 15) is 0 Å². The minimum atomic E-state index is 0.534. The average Bonchev–Trinajstić information content (AvgIpc) is 2.44. The molecular formula is C14H23N. The van der Waals surface area contributed by atoms with Gasteiger partial charge in [-0.3, -0.25) is 0 Å². The summed E-state index contributed by atoms with van der Waals surface area (Å²) in [6, 6.07) is 5.23. The molecule has 84 valence electrons. The fourth-order valence-corrected chi connectivity index (χ4v) is 3.13. The molecule has 0 amide bonds. The molecule has 0 spiro atoms. The quantitative estimate of drug-likeness (QED) is 0.646. The van der Waals surface area contributed by atoms with E-state index < -0.39 is 0 Å². The first-order valence-electron chi connectivity index (χ1n) is 6.14. The minimum Gasteiger partial charge on any atom is -0.346 e. The molecule has 1 unspecified atom stereocenters. The first-order chi connectivity index (χ1) is 6.99. The Labute approximate surface area is 93.5 Å². The molecule has 1 aromatic rings. The standard InChI is InChI=1S/C14H23N/c1-11-7-8-12(2)15(11)13-6-5-9-14(3,4)10-13/h7-8,13H,5-6,9-10H2,1-4H3. The third-order valence-electron chi connectivity index (χ3n) is 3.87. The van der Waals surface area contributed by atoms with Crippen LogP contribution in [0.4, 0.5) is 0 Å². The van der Waals surface area contributed by atoms with Gasteiger partial charge in [-0.05, 0) is 50.7 Å². The van der Waals surface area contributed by atoms with Crippen LogP contribution in [0.25, 0.3) is 0 Å². The second kappa shape index (κ2) is 3.70. The van der Waals surface area contributed by atoms with Gasteiger partial charge in [-0.1, -0.05) is 20.3 Å². The molecule has 1 fully saturated rings. The Bertz CT molecular complexity index is 327. The Hall–Kier alpha value is -0.720. The molecule has 15 heavy (non-hydrogen) atoms. The Morgan fingerprint density at radius 3 is 2.33 bits per heavy atom. The number of aromatic nitrogens is 1. The van der Waals surface area contributed by atoms with Gasteiger partial charge in [0.15, 0.2) is 0 Å². The SMILES string of the molecule is Cc1ccc(C)n1C1CCCC(C)(C)C1. The molecule has 0 saturated heterocycles. The third kappa shape index (κ3) is 2.11. The zero-order valence-electron chi connectivity index (χ0n) is 10.5. The predicted octanol–water partition coefficient (Wildman–Crippen LogP) is 4.25. The highest BCUT2D eigenvalue weighted by Crippen LogP contribution is 2.41. The summed E-state index contributed by atoms with van der Waals surface area (Å²) in [5.41, 5.74) is 3.39. The molecule has 0 bridgehead atoms. The largest absolute Gasteiger partial charge is 0.346 e. The first-order valence-corrected chi connectivity index (χ1v) is 6.14. The maximum Gasteiger partial charge on any atom is 0.0340 e. The molecule has 1 aliphatic carbocycles. The van der Waals surface area contributed by atoms with Gasteiger partial charge < -0.3 is 4.57 Å². The summed E-state index contributed by atoms with van der Waals surface area (Å²) >= 11 is 0. The van der Waals surface area contributed by atoms with E-state index in [2.05, 4.69) is 44.4 Å².